The fraction of sp³-hybridized carbons (Fsp3) is 0.400. The molecule has 0 aliphatic rings. The zero-order valence-electron chi connectivity index (χ0n) is 12.9. The molecule has 2 atom stereocenters. The summed E-state index contributed by atoms with van der Waals surface area (Å²) in [5.41, 5.74) is 5.50. The Morgan fingerprint density at radius 1 is 1.30 bits per heavy atom. The highest BCUT2D eigenvalue weighted by atomic mass is 79.9. The summed E-state index contributed by atoms with van der Waals surface area (Å²) in [5, 5.41) is 2.34. The number of esters is 1. The molecule has 0 fully saturated rings. The molecule has 1 aromatic rings. The number of nitrogens with one attached hydrogen (secondary N) is 1. The lowest BCUT2D eigenvalue weighted by molar-refractivity contribution is -0.148. The van der Waals surface area contributed by atoms with Crippen molar-refractivity contribution in [3.63, 3.8) is 0 Å². The highest BCUT2D eigenvalue weighted by molar-refractivity contribution is 9.10. The van der Waals surface area contributed by atoms with Crippen LogP contribution in [0.2, 0.25) is 0 Å². The van der Waals surface area contributed by atoms with Gasteiger partial charge < -0.3 is 15.8 Å². The summed E-state index contributed by atoms with van der Waals surface area (Å²) < 4.78 is 6.03. The maximum absolute atomic E-state index is 12.2. The third-order valence-corrected chi connectivity index (χ3v) is 4.18. The van der Waals surface area contributed by atoms with Gasteiger partial charge >= 0.3 is 12.0 Å². The molecular formula is C15H19BrN2O4S. The molecule has 0 bridgehead atoms. The van der Waals surface area contributed by atoms with Crippen LogP contribution >= 0.6 is 27.7 Å². The van der Waals surface area contributed by atoms with Gasteiger partial charge in [-0.1, -0.05) is 28.1 Å². The van der Waals surface area contributed by atoms with Gasteiger partial charge in [-0.15, -0.1) is 0 Å². The fourth-order valence-electron chi connectivity index (χ4n) is 1.82. The van der Waals surface area contributed by atoms with E-state index in [1.807, 2.05) is 6.26 Å². The second-order valence-electron chi connectivity index (χ2n) is 4.79. The van der Waals surface area contributed by atoms with Gasteiger partial charge in [0.05, 0.1) is 0 Å². The Balaban J connectivity index is 2.70. The molecule has 0 saturated carbocycles. The molecular weight excluding hydrogens is 384 g/mol. The highest BCUT2D eigenvalue weighted by Crippen LogP contribution is 2.14. The largest absolute Gasteiger partial charge is 0.453 e. The van der Waals surface area contributed by atoms with Gasteiger partial charge in [0.2, 0.25) is 5.78 Å². The number of halogens is 1. The van der Waals surface area contributed by atoms with E-state index in [1.165, 1.54) is 18.7 Å². The Hall–Kier alpha value is -1.54. The van der Waals surface area contributed by atoms with Crippen LogP contribution in [0.5, 0.6) is 0 Å². The molecule has 2 amide bonds. The number of thioether (sulfide) groups is 1. The highest BCUT2D eigenvalue weighted by Gasteiger charge is 2.26. The molecule has 0 saturated heterocycles. The molecule has 3 N–H and O–H groups in total. The summed E-state index contributed by atoms with van der Waals surface area (Å²) in [6.45, 7) is 1.50. The van der Waals surface area contributed by atoms with Gasteiger partial charge in [-0.05, 0) is 37.5 Å². The first-order valence-corrected chi connectivity index (χ1v) is 9.09. The lowest BCUT2D eigenvalue weighted by atomic mass is 10.1. The molecule has 0 aliphatic heterocycles. The van der Waals surface area contributed by atoms with Gasteiger partial charge in [-0.2, -0.15) is 11.8 Å². The summed E-state index contributed by atoms with van der Waals surface area (Å²) in [6.07, 6.45) is 1.31. The molecule has 23 heavy (non-hydrogen) atoms. The Morgan fingerprint density at radius 3 is 2.43 bits per heavy atom. The molecule has 1 rings (SSSR count). The molecule has 6 nitrogen and oxygen atoms in total. The zero-order chi connectivity index (χ0) is 17.4. The van der Waals surface area contributed by atoms with Crippen LogP contribution in [0.1, 0.15) is 23.7 Å². The second-order valence-corrected chi connectivity index (χ2v) is 6.69. The lowest BCUT2D eigenvalue weighted by Crippen LogP contribution is -2.46. The molecule has 8 heteroatoms. The first-order valence-electron chi connectivity index (χ1n) is 6.90. The van der Waals surface area contributed by atoms with Crippen LogP contribution in [0.25, 0.3) is 0 Å². The van der Waals surface area contributed by atoms with E-state index in [0.29, 0.717) is 17.7 Å². The number of hydrogen-bond donors (Lipinski definition) is 2. The van der Waals surface area contributed by atoms with Gasteiger partial charge in [0.15, 0.2) is 6.10 Å². The second kappa shape index (κ2) is 9.57. The van der Waals surface area contributed by atoms with Crippen LogP contribution in [0.3, 0.4) is 0 Å². The quantitative estimate of drug-likeness (QED) is 0.513. The van der Waals surface area contributed by atoms with Crippen molar-refractivity contribution >= 4 is 45.5 Å². The van der Waals surface area contributed by atoms with E-state index in [2.05, 4.69) is 21.2 Å². The van der Waals surface area contributed by atoms with E-state index in [-0.39, 0.29) is 5.78 Å². The topological polar surface area (TPSA) is 98.5 Å². The van der Waals surface area contributed by atoms with Crippen molar-refractivity contribution < 1.29 is 19.1 Å². The molecule has 0 aromatic heterocycles. The van der Waals surface area contributed by atoms with Crippen LogP contribution in [0.15, 0.2) is 28.7 Å². The van der Waals surface area contributed by atoms with E-state index in [9.17, 15) is 14.4 Å². The molecule has 0 aliphatic carbocycles. The number of rotatable bonds is 8. The summed E-state index contributed by atoms with van der Waals surface area (Å²) in [4.78, 5) is 35.3. The number of ketones is 1. The first-order chi connectivity index (χ1) is 10.8. The number of urea groups is 1. The first kappa shape index (κ1) is 19.5. The maximum atomic E-state index is 12.2. The minimum atomic E-state index is -0.949. The van der Waals surface area contributed by atoms with E-state index >= 15 is 0 Å². The number of benzene rings is 1. The Kier molecular flexibility index (Phi) is 8.11. The number of Topliss-reactive ketones (excluding diaryl/α,β-unsaturated/α-hetero) is 1. The van der Waals surface area contributed by atoms with Gasteiger partial charge in [-0.3, -0.25) is 4.79 Å². The Morgan fingerprint density at radius 2 is 1.91 bits per heavy atom. The molecule has 0 spiro atoms. The van der Waals surface area contributed by atoms with Crippen molar-refractivity contribution in [1.29, 1.82) is 0 Å². The van der Waals surface area contributed by atoms with Crippen molar-refractivity contribution in [3.05, 3.63) is 34.3 Å². The zero-order valence-corrected chi connectivity index (χ0v) is 15.3. The Bertz CT molecular complexity index is 565. The maximum Gasteiger partial charge on any atom is 0.329 e. The van der Waals surface area contributed by atoms with Gasteiger partial charge in [0.1, 0.15) is 6.04 Å². The van der Waals surface area contributed by atoms with Gasteiger partial charge in [-0.25, -0.2) is 9.59 Å². The van der Waals surface area contributed by atoms with E-state index in [4.69, 9.17) is 10.5 Å². The third kappa shape index (κ3) is 6.62. The minimum absolute atomic E-state index is 0.312. The van der Waals surface area contributed by atoms with Crippen LogP contribution in [-0.4, -0.2) is 41.9 Å². The normalized spacial score (nSPS) is 13.0. The van der Waals surface area contributed by atoms with E-state index in [1.54, 1.807) is 24.3 Å². The van der Waals surface area contributed by atoms with Crippen molar-refractivity contribution in [2.45, 2.75) is 25.5 Å². The monoisotopic (exact) mass is 402 g/mol. The Labute approximate surface area is 147 Å². The summed E-state index contributed by atoms with van der Waals surface area (Å²) >= 11 is 4.81. The number of carbonyl (C=O) groups excluding carboxylic acids is 3. The smallest absolute Gasteiger partial charge is 0.329 e. The van der Waals surface area contributed by atoms with E-state index < -0.39 is 24.1 Å². The molecule has 126 valence electrons. The summed E-state index contributed by atoms with van der Waals surface area (Å²) in [7, 11) is 0. The van der Waals surface area contributed by atoms with Crippen molar-refractivity contribution in [3.8, 4) is 0 Å². The average Bonchev–Trinajstić information content (AvgIpc) is 2.50. The molecule has 0 radical (unpaired) electrons. The van der Waals surface area contributed by atoms with Crippen molar-refractivity contribution in [1.82, 2.24) is 5.32 Å². The number of carbonyl (C=O) groups is 3. The number of primary amides is 1. The third-order valence-electron chi connectivity index (χ3n) is 3.00. The van der Waals surface area contributed by atoms with E-state index in [0.717, 1.165) is 4.47 Å². The van der Waals surface area contributed by atoms with Crippen LogP contribution in [0, 0.1) is 0 Å². The van der Waals surface area contributed by atoms with Crippen LogP contribution < -0.4 is 11.1 Å². The lowest BCUT2D eigenvalue weighted by Gasteiger charge is -2.19. The number of hydrogen-bond acceptors (Lipinski definition) is 5. The van der Waals surface area contributed by atoms with Gasteiger partial charge in [0.25, 0.3) is 0 Å². The fourth-order valence-corrected chi connectivity index (χ4v) is 2.55. The number of ether oxygens (including phenoxy) is 1. The summed E-state index contributed by atoms with van der Waals surface area (Å²) in [5.74, 6) is -0.334. The van der Waals surface area contributed by atoms with Crippen molar-refractivity contribution in [2.24, 2.45) is 5.73 Å². The van der Waals surface area contributed by atoms with Gasteiger partial charge in [0, 0.05) is 10.0 Å². The molecule has 0 heterocycles. The van der Waals surface area contributed by atoms with Crippen molar-refractivity contribution in [2.75, 3.05) is 12.0 Å². The SMILES string of the molecule is CSCC[C@H](NC(N)=O)C(=O)O[C@H](C)C(=O)c1ccc(Br)cc1. The minimum Gasteiger partial charge on any atom is -0.453 e. The predicted octanol–water partition coefficient (Wildman–Crippen LogP) is 2.35. The standard InChI is InChI=1S/C15H19BrN2O4S/c1-9(13(19)10-3-5-11(16)6-4-10)22-14(20)12(7-8-23-2)18-15(17)21/h3-6,9,12H,7-8H2,1-2H3,(H3,17,18,21)/t9-,12+/m1/s1. The average molecular weight is 403 g/mol. The molecule has 0 unspecified atom stereocenters. The number of amides is 2. The molecule has 1 aromatic carbocycles. The summed E-state index contributed by atoms with van der Waals surface area (Å²) in [6, 6.07) is 5.09. The predicted molar refractivity (Wildman–Crippen MR) is 93.5 cm³/mol. The number of nitrogens with two attached hydrogens (primary N) is 1. The van der Waals surface area contributed by atoms with Crippen LogP contribution in [-0.2, 0) is 9.53 Å². The van der Waals surface area contributed by atoms with Crippen LogP contribution in [0.4, 0.5) is 4.79 Å².